The average Bonchev–Trinajstić information content (AvgIpc) is 2.41. The van der Waals surface area contributed by atoms with Gasteiger partial charge in [-0.25, -0.2) is 4.98 Å². The minimum Gasteiger partial charge on any atom is -0.383 e. The molecule has 0 bridgehead atoms. The van der Waals surface area contributed by atoms with Gasteiger partial charge in [-0.2, -0.15) is 0 Å². The van der Waals surface area contributed by atoms with Gasteiger partial charge in [0.25, 0.3) is 0 Å². The number of carbonyl (C=O) groups excluding carboxylic acids is 1. The van der Waals surface area contributed by atoms with E-state index < -0.39 is 0 Å². The van der Waals surface area contributed by atoms with Crippen LogP contribution in [0.15, 0.2) is 18.3 Å². The van der Waals surface area contributed by atoms with Crippen LogP contribution in [-0.4, -0.2) is 35.9 Å². The van der Waals surface area contributed by atoms with Gasteiger partial charge in [-0.1, -0.05) is 6.07 Å². The lowest BCUT2D eigenvalue weighted by Crippen LogP contribution is -2.39. The van der Waals surface area contributed by atoms with E-state index in [9.17, 15) is 4.79 Å². The van der Waals surface area contributed by atoms with Crippen molar-refractivity contribution in [3.8, 4) is 0 Å². The van der Waals surface area contributed by atoms with Crippen LogP contribution in [0.1, 0.15) is 18.4 Å². The summed E-state index contributed by atoms with van der Waals surface area (Å²) in [5.74, 6) is 0.930. The van der Waals surface area contributed by atoms with E-state index in [0.717, 1.165) is 38.0 Å². The summed E-state index contributed by atoms with van der Waals surface area (Å²) in [6.45, 7) is 2.69. The van der Waals surface area contributed by atoms with E-state index in [1.807, 2.05) is 12.1 Å². The highest BCUT2D eigenvalue weighted by Gasteiger charge is 2.24. The second-order valence-corrected chi connectivity index (χ2v) is 4.71. The van der Waals surface area contributed by atoms with Crippen molar-refractivity contribution in [3.63, 3.8) is 0 Å². The SMILES string of the molecule is CNC(=O)C1CCN(Cc2cccnc2N)CC1. The molecule has 1 aliphatic rings. The fourth-order valence-electron chi connectivity index (χ4n) is 2.38. The van der Waals surface area contributed by atoms with Gasteiger partial charge in [0.2, 0.25) is 5.91 Å². The summed E-state index contributed by atoms with van der Waals surface area (Å²) in [6.07, 6.45) is 3.54. The van der Waals surface area contributed by atoms with Crippen LogP contribution in [0.25, 0.3) is 0 Å². The molecule has 1 aromatic rings. The molecule has 0 saturated carbocycles. The Bertz CT molecular complexity index is 413. The Morgan fingerprint density at radius 1 is 1.56 bits per heavy atom. The lowest BCUT2D eigenvalue weighted by atomic mass is 9.96. The Hall–Kier alpha value is -1.62. The summed E-state index contributed by atoms with van der Waals surface area (Å²) >= 11 is 0. The Kier molecular flexibility index (Phi) is 4.15. The molecule has 0 aromatic carbocycles. The number of anilines is 1. The third kappa shape index (κ3) is 2.98. The molecule has 0 spiro atoms. The fraction of sp³-hybridized carbons (Fsp3) is 0.538. The van der Waals surface area contributed by atoms with Gasteiger partial charge in [-0.15, -0.1) is 0 Å². The number of rotatable bonds is 3. The van der Waals surface area contributed by atoms with Gasteiger partial charge in [-0.3, -0.25) is 9.69 Å². The van der Waals surface area contributed by atoms with Crippen LogP contribution in [0.3, 0.4) is 0 Å². The van der Waals surface area contributed by atoms with Crippen molar-refractivity contribution in [1.82, 2.24) is 15.2 Å². The molecule has 0 unspecified atom stereocenters. The van der Waals surface area contributed by atoms with E-state index >= 15 is 0 Å². The van der Waals surface area contributed by atoms with Crippen LogP contribution in [0, 0.1) is 5.92 Å². The van der Waals surface area contributed by atoms with Gasteiger partial charge in [0.05, 0.1) is 0 Å². The number of hydrogen-bond acceptors (Lipinski definition) is 4. The molecule has 5 heteroatoms. The smallest absolute Gasteiger partial charge is 0.222 e. The van der Waals surface area contributed by atoms with Crippen molar-refractivity contribution < 1.29 is 4.79 Å². The maximum Gasteiger partial charge on any atom is 0.222 e. The first-order chi connectivity index (χ1) is 8.70. The molecule has 98 valence electrons. The molecule has 0 aliphatic carbocycles. The first-order valence-corrected chi connectivity index (χ1v) is 6.34. The molecule has 18 heavy (non-hydrogen) atoms. The lowest BCUT2D eigenvalue weighted by Gasteiger charge is -2.31. The van der Waals surface area contributed by atoms with E-state index in [1.165, 1.54) is 0 Å². The summed E-state index contributed by atoms with van der Waals surface area (Å²) in [7, 11) is 1.70. The molecule has 2 heterocycles. The van der Waals surface area contributed by atoms with Crippen LogP contribution >= 0.6 is 0 Å². The Balaban J connectivity index is 1.87. The number of piperidine rings is 1. The zero-order chi connectivity index (χ0) is 13.0. The summed E-state index contributed by atoms with van der Waals surface area (Å²) in [4.78, 5) is 17.9. The number of aromatic nitrogens is 1. The van der Waals surface area contributed by atoms with Gasteiger partial charge >= 0.3 is 0 Å². The first-order valence-electron chi connectivity index (χ1n) is 6.34. The number of hydrogen-bond donors (Lipinski definition) is 2. The second kappa shape index (κ2) is 5.82. The van der Waals surface area contributed by atoms with Crippen molar-refractivity contribution in [2.75, 3.05) is 25.9 Å². The Morgan fingerprint density at radius 3 is 2.89 bits per heavy atom. The Morgan fingerprint density at radius 2 is 2.28 bits per heavy atom. The first kappa shape index (κ1) is 12.8. The van der Waals surface area contributed by atoms with Crippen molar-refractivity contribution in [3.05, 3.63) is 23.9 Å². The number of nitrogens with one attached hydrogen (secondary N) is 1. The molecule has 5 nitrogen and oxygen atoms in total. The van der Waals surface area contributed by atoms with Gasteiger partial charge in [0, 0.05) is 31.3 Å². The molecule has 1 fully saturated rings. The Labute approximate surface area is 107 Å². The minimum atomic E-state index is 0.163. The van der Waals surface area contributed by atoms with Gasteiger partial charge < -0.3 is 11.1 Å². The maximum absolute atomic E-state index is 11.5. The van der Waals surface area contributed by atoms with E-state index in [0.29, 0.717) is 5.82 Å². The summed E-state index contributed by atoms with van der Waals surface area (Å²) < 4.78 is 0. The number of pyridine rings is 1. The van der Waals surface area contributed by atoms with Gasteiger partial charge in [0.1, 0.15) is 5.82 Å². The molecule has 1 aliphatic heterocycles. The zero-order valence-electron chi connectivity index (χ0n) is 10.7. The van der Waals surface area contributed by atoms with Crippen LogP contribution in [0.2, 0.25) is 0 Å². The van der Waals surface area contributed by atoms with Crippen LogP contribution < -0.4 is 11.1 Å². The quantitative estimate of drug-likeness (QED) is 0.822. The van der Waals surface area contributed by atoms with Crippen molar-refractivity contribution in [1.29, 1.82) is 0 Å². The monoisotopic (exact) mass is 248 g/mol. The van der Waals surface area contributed by atoms with Crippen LogP contribution in [0.5, 0.6) is 0 Å². The number of amides is 1. The predicted molar refractivity (Wildman–Crippen MR) is 70.7 cm³/mol. The van der Waals surface area contributed by atoms with Crippen molar-refractivity contribution in [2.24, 2.45) is 5.92 Å². The molecular formula is C13H20N4O. The molecule has 0 radical (unpaired) electrons. The molecule has 1 amide bonds. The summed E-state index contributed by atoms with van der Waals surface area (Å²) in [6, 6.07) is 3.91. The van der Waals surface area contributed by atoms with Gasteiger partial charge in [0.15, 0.2) is 0 Å². The molecule has 1 aromatic heterocycles. The number of likely N-dealkylation sites (tertiary alicyclic amines) is 1. The standard InChI is InChI=1S/C13H20N4O/c1-15-13(18)10-4-7-17(8-5-10)9-11-3-2-6-16-12(11)14/h2-3,6,10H,4-5,7-9H2,1H3,(H2,14,16)(H,15,18). The second-order valence-electron chi connectivity index (χ2n) is 4.71. The van der Waals surface area contributed by atoms with Crippen molar-refractivity contribution in [2.45, 2.75) is 19.4 Å². The third-order valence-electron chi connectivity index (χ3n) is 3.52. The molecule has 3 N–H and O–H groups in total. The average molecular weight is 248 g/mol. The molecular weight excluding hydrogens is 228 g/mol. The number of nitrogen functional groups attached to an aromatic ring is 1. The largest absolute Gasteiger partial charge is 0.383 e. The molecule has 0 atom stereocenters. The fourth-order valence-corrected chi connectivity index (χ4v) is 2.38. The summed E-state index contributed by atoms with van der Waals surface area (Å²) in [5, 5.41) is 2.72. The number of carbonyl (C=O) groups is 1. The van der Waals surface area contributed by atoms with Crippen LogP contribution in [-0.2, 0) is 11.3 Å². The van der Waals surface area contributed by atoms with E-state index in [4.69, 9.17) is 5.73 Å². The maximum atomic E-state index is 11.5. The molecule has 1 saturated heterocycles. The third-order valence-corrected chi connectivity index (χ3v) is 3.52. The van der Waals surface area contributed by atoms with E-state index in [2.05, 4.69) is 15.2 Å². The van der Waals surface area contributed by atoms with E-state index in [-0.39, 0.29) is 11.8 Å². The number of nitrogens with two attached hydrogens (primary N) is 1. The summed E-state index contributed by atoms with van der Waals surface area (Å²) in [5.41, 5.74) is 6.90. The topological polar surface area (TPSA) is 71.2 Å². The number of nitrogens with zero attached hydrogens (tertiary/aromatic N) is 2. The van der Waals surface area contributed by atoms with Crippen LogP contribution in [0.4, 0.5) is 5.82 Å². The highest BCUT2D eigenvalue weighted by atomic mass is 16.1. The predicted octanol–water partition coefficient (Wildman–Crippen LogP) is 0.622. The lowest BCUT2D eigenvalue weighted by molar-refractivity contribution is -0.125. The zero-order valence-corrected chi connectivity index (χ0v) is 10.7. The molecule has 2 rings (SSSR count). The minimum absolute atomic E-state index is 0.163. The highest BCUT2D eigenvalue weighted by molar-refractivity contribution is 5.78. The normalized spacial score (nSPS) is 17.6. The van der Waals surface area contributed by atoms with E-state index in [1.54, 1.807) is 13.2 Å². The van der Waals surface area contributed by atoms with Gasteiger partial charge in [-0.05, 0) is 32.0 Å². The van der Waals surface area contributed by atoms with Crippen molar-refractivity contribution >= 4 is 11.7 Å². The highest BCUT2D eigenvalue weighted by Crippen LogP contribution is 2.20.